The van der Waals surface area contributed by atoms with Gasteiger partial charge in [0.2, 0.25) is 22.0 Å². The molecule has 0 saturated carbocycles. The van der Waals surface area contributed by atoms with Gasteiger partial charge in [-0.05, 0) is 43.2 Å². The number of para-hydroxylation sites is 2. The summed E-state index contributed by atoms with van der Waals surface area (Å²) in [6.45, 7) is 1.50. The third-order valence-corrected chi connectivity index (χ3v) is 7.86. The fourth-order valence-corrected chi connectivity index (χ4v) is 5.39. The van der Waals surface area contributed by atoms with Crippen LogP contribution in [0.2, 0.25) is 0 Å². The van der Waals surface area contributed by atoms with Crippen molar-refractivity contribution in [3.05, 3.63) is 90.0 Å². The maximum Gasteiger partial charge on any atom is 0.348 e. The lowest BCUT2D eigenvalue weighted by Crippen LogP contribution is -2.51. The van der Waals surface area contributed by atoms with E-state index in [1.807, 2.05) is 37.3 Å². The van der Waals surface area contributed by atoms with E-state index in [0.29, 0.717) is 17.9 Å². The first-order valence-electron chi connectivity index (χ1n) is 11.5. The van der Waals surface area contributed by atoms with Crippen LogP contribution in [0, 0.1) is 6.92 Å². The number of benzene rings is 3. The van der Waals surface area contributed by atoms with E-state index in [4.69, 9.17) is 9.47 Å². The van der Waals surface area contributed by atoms with Gasteiger partial charge in [-0.15, -0.1) is 0 Å². The molecule has 0 unspecified atom stereocenters. The predicted molar refractivity (Wildman–Crippen MR) is 135 cm³/mol. The highest BCUT2D eigenvalue weighted by atomic mass is 32.2. The Hall–Kier alpha value is -3.69. The Morgan fingerprint density at radius 3 is 2.36 bits per heavy atom. The van der Waals surface area contributed by atoms with Crippen LogP contribution in [-0.2, 0) is 30.8 Å². The van der Waals surface area contributed by atoms with Crippen molar-refractivity contribution in [2.24, 2.45) is 0 Å². The molecule has 0 saturated heterocycles. The molecule has 0 spiro atoms. The predicted octanol–water partition coefficient (Wildman–Crippen LogP) is 3.20. The maximum atomic E-state index is 13.6. The molecule has 9 heteroatoms. The molecule has 36 heavy (non-hydrogen) atoms. The number of esters is 1. The molecule has 4 rings (SSSR count). The van der Waals surface area contributed by atoms with Crippen molar-refractivity contribution < 1.29 is 27.5 Å². The smallest absolute Gasteiger partial charge is 0.348 e. The number of aryl methyl sites for hydroxylation is 1. The summed E-state index contributed by atoms with van der Waals surface area (Å²) in [5.74, 6) is -0.733. The number of rotatable bonds is 8. The highest BCUT2D eigenvalue weighted by Gasteiger charge is 2.36. The van der Waals surface area contributed by atoms with Crippen LogP contribution in [0.4, 0.5) is 5.69 Å². The van der Waals surface area contributed by atoms with E-state index in [0.717, 1.165) is 11.1 Å². The van der Waals surface area contributed by atoms with Crippen LogP contribution < -0.4 is 9.64 Å². The van der Waals surface area contributed by atoms with E-state index in [1.165, 1.54) is 16.3 Å². The Kier molecular flexibility index (Phi) is 7.71. The highest BCUT2D eigenvalue weighted by Crippen LogP contribution is 2.33. The van der Waals surface area contributed by atoms with Crippen LogP contribution in [0.3, 0.4) is 0 Å². The molecular formula is C27H28N2O6S. The first-order chi connectivity index (χ1) is 17.3. The lowest BCUT2D eigenvalue weighted by molar-refractivity contribution is -0.148. The summed E-state index contributed by atoms with van der Waals surface area (Å²) in [4.78, 5) is 27.3. The number of fused-ring (bicyclic) bond motifs is 1. The summed E-state index contributed by atoms with van der Waals surface area (Å²) in [5, 5.41) is 0. The summed E-state index contributed by atoms with van der Waals surface area (Å²) in [5.41, 5.74) is 2.36. The van der Waals surface area contributed by atoms with Gasteiger partial charge in [0, 0.05) is 6.54 Å². The molecule has 1 atom stereocenters. The van der Waals surface area contributed by atoms with Crippen molar-refractivity contribution in [3.8, 4) is 5.75 Å². The first kappa shape index (κ1) is 25.4. The van der Waals surface area contributed by atoms with Gasteiger partial charge in [0.25, 0.3) is 0 Å². The number of anilines is 1. The quantitative estimate of drug-likeness (QED) is 0.434. The Balaban J connectivity index is 1.63. The van der Waals surface area contributed by atoms with Crippen LogP contribution in [0.1, 0.15) is 11.1 Å². The number of carbonyl (C=O) groups is 2. The molecule has 1 aliphatic rings. The Bertz CT molecular complexity index is 1330. The van der Waals surface area contributed by atoms with Crippen molar-refractivity contribution in [3.63, 3.8) is 0 Å². The largest absolute Gasteiger partial charge is 0.475 e. The lowest BCUT2D eigenvalue weighted by atomic mass is 10.1. The molecule has 0 N–H and O–H groups in total. The monoisotopic (exact) mass is 508 g/mol. The van der Waals surface area contributed by atoms with Gasteiger partial charge in [0.15, 0.2) is 0 Å². The maximum absolute atomic E-state index is 13.6. The number of nitrogens with zero attached hydrogens (tertiary/aromatic N) is 2. The number of hydrogen-bond acceptors (Lipinski definition) is 6. The number of methoxy groups -OCH3 is 1. The van der Waals surface area contributed by atoms with E-state index < -0.39 is 34.5 Å². The second-order valence-electron chi connectivity index (χ2n) is 8.49. The SMILES string of the molecule is COC(=O)[C@H]1CN(C(=O)CN(CCc2ccccc2)S(=O)(=O)c2ccc(C)cc2)c2ccccc2O1. The molecule has 0 aromatic heterocycles. The van der Waals surface area contributed by atoms with E-state index in [1.54, 1.807) is 48.5 Å². The number of hydrogen-bond donors (Lipinski definition) is 0. The zero-order chi connectivity index (χ0) is 25.7. The summed E-state index contributed by atoms with van der Waals surface area (Å²) < 4.78 is 38.9. The minimum Gasteiger partial charge on any atom is -0.475 e. The number of amides is 1. The molecule has 0 fully saturated rings. The molecule has 0 radical (unpaired) electrons. The number of ether oxygens (including phenoxy) is 2. The Labute approximate surface area is 211 Å². The van der Waals surface area contributed by atoms with E-state index in [2.05, 4.69) is 0 Å². The molecule has 1 aliphatic heterocycles. The average Bonchev–Trinajstić information content (AvgIpc) is 2.90. The minimum atomic E-state index is -3.97. The van der Waals surface area contributed by atoms with Crippen LogP contribution in [0.25, 0.3) is 0 Å². The Morgan fingerprint density at radius 1 is 1.00 bits per heavy atom. The van der Waals surface area contributed by atoms with Gasteiger partial charge >= 0.3 is 5.97 Å². The van der Waals surface area contributed by atoms with E-state index in [9.17, 15) is 18.0 Å². The molecule has 1 amide bonds. The van der Waals surface area contributed by atoms with Crippen LogP contribution >= 0.6 is 0 Å². The van der Waals surface area contributed by atoms with Gasteiger partial charge < -0.3 is 14.4 Å². The molecular weight excluding hydrogens is 480 g/mol. The van der Waals surface area contributed by atoms with Crippen molar-refractivity contribution in [1.29, 1.82) is 0 Å². The van der Waals surface area contributed by atoms with Crippen molar-refractivity contribution in [2.75, 3.05) is 31.6 Å². The average molecular weight is 509 g/mol. The summed E-state index contributed by atoms with van der Waals surface area (Å²) in [6.07, 6.45) is -0.579. The van der Waals surface area contributed by atoms with Gasteiger partial charge in [-0.25, -0.2) is 13.2 Å². The van der Waals surface area contributed by atoms with Crippen molar-refractivity contribution in [2.45, 2.75) is 24.3 Å². The zero-order valence-electron chi connectivity index (χ0n) is 20.2. The first-order valence-corrected chi connectivity index (χ1v) is 13.0. The topological polar surface area (TPSA) is 93.2 Å². The minimum absolute atomic E-state index is 0.0837. The third-order valence-electron chi connectivity index (χ3n) is 6.00. The van der Waals surface area contributed by atoms with E-state index >= 15 is 0 Å². The van der Waals surface area contributed by atoms with Gasteiger partial charge in [-0.1, -0.05) is 60.2 Å². The molecule has 0 bridgehead atoms. The zero-order valence-corrected chi connectivity index (χ0v) is 21.0. The third kappa shape index (κ3) is 5.58. The fourth-order valence-electron chi connectivity index (χ4n) is 4.00. The van der Waals surface area contributed by atoms with Gasteiger partial charge in [0.05, 0.1) is 30.8 Å². The van der Waals surface area contributed by atoms with Gasteiger partial charge in [0.1, 0.15) is 5.75 Å². The molecule has 1 heterocycles. The van der Waals surface area contributed by atoms with Crippen LogP contribution in [0.5, 0.6) is 5.75 Å². The highest BCUT2D eigenvalue weighted by molar-refractivity contribution is 7.89. The van der Waals surface area contributed by atoms with Gasteiger partial charge in [-0.2, -0.15) is 4.31 Å². The second kappa shape index (κ2) is 10.9. The lowest BCUT2D eigenvalue weighted by Gasteiger charge is -2.34. The number of carbonyl (C=O) groups excluding carboxylic acids is 2. The summed E-state index contributed by atoms with van der Waals surface area (Å²) in [7, 11) is -2.72. The fraction of sp³-hybridized carbons (Fsp3) is 0.259. The standard InChI is InChI=1S/C27H28N2O6S/c1-20-12-14-22(15-13-20)36(32,33)28(17-16-21-8-4-3-5-9-21)19-26(30)29-18-25(27(31)34-2)35-24-11-7-6-10-23(24)29/h3-15,25H,16-19H2,1-2H3/t25-/m1/s1. The molecule has 8 nitrogen and oxygen atoms in total. The molecule has 3 aromatic carbocycles. The molecule has 188 valence electrons. The Morgan fingerprint density at radius 2 is 1.67 bits per heavy atom. The molecule has 0 aliphatic carbocycles. The van der Waals surface area contributed by atoms with E-state index in [-0.39, 0.29) is 18.0 Å². The number of sulfonamides is 1. The second-order valence-corrected chi connectivity index (χ2v) is 10.4. The van der Waals surface area contributed by atoms with Gasteiger partial charge in [-0.3, -0.25) is 4.79 Å². The summed E-state index contributed by atoms with van der Waals surface area (Å²) >= 11 is 0. The normalized spacial score (nSPS) is 15.2. The summed E-state index contributed by atoms with van der Waals surface area (Å²) in [6, 6.07) is 22.9. The van der Waals surface area contributed by atoms with Crippen LogP contribution in [-0.4, -0.2) is 57.4 Å². The van der Waals surface area contributed by atoms with Crippen molar-refractivity contribution in [1.82, 2.24) is 4.31 Å². The molecule has 3 aromatic rings. The van der Waals surface area contributed by atoms with Crippen molar-refractivity contribution >= 4 is 27.6 Å². The van der Waals surface area contributed by atoms with Crippen LogP contribution in [0.15, 0.2) is 83.8 Å².